The lowest BCUT2D eigenvalue weighted by atomic mass is 10.1. The quantitative estimate of drug-likeness (QED) is 0.881. The van der Waals surface area contributed by atoms with E-state index in [-0.39, 0.29) is 5.95 Å². The molecule has 0 unspecified atom stereocenters. The molecule has 1 aromatic heterocycles. The summed E-state index contributed by atoms with van der Waals surface area (Å²) < 4.78 is 5.45. The van der Waals surface area contributed by atoms with Crippen LogP contribution in [0.15, 0.2) is 30.5 Å². The molecule has 1 aliphatic rings. The van der Waals surface area contributed by atoms with Crippen LogP contribution in [-0.4, -0.2) is 43.3 Å². The molecule has 0 aliphatic carbocycles. The minimum absolute atomic E-state index is 0.273. The van der Waals surface area contributed by atoms with Crippen molar-refractivity contribution in [2.24, 2.45) is 0 Å². The average Bonchev–Trinajstić information content (AvgIpc) is 2.55. The zero-order valence-corrected chi connectivity index (χ0v) is 12.0. The first-order valence-electron chi connectivity index (χ1n) is 7.01. The summed E-state index contributed by atoms with van der Waals surface area (Å²) in [5.41, 5.74) is 8.54. The fourth-order valence-corrected chi connectivity index (χ4v) is 2.56. The molecule has 21 heavy (non-hydrogen) atoms. The van der Waals surface area contributed by atoms with E-state index in [4.69, 9.17) is 10.5 Å². The van der Waals surface area contributed by atoms with E-state index in [0.717, 1.165) is 48.9 Å². The molecule has 0 atom stereocenters. The Hall–Kier alpha value is -2.34. The largest absolute Gasteiger partial charge is 0.496 e. The maximum absolute atomic E-state index is 5.79. The summed E-state index contributed by atoms with van der Waals surface area (Å²) in [6.45, 7) is 3.76. The third-order valence-electron chi connectivity index (χ3n) is 3.61. The first kappa shape index (κ1) is 13.6. The van der Waals surface area contributed by atoms with Crippen LogP contribution in [0.1, 0.15) is 0 Å². The number of benzene rings is 1. The molecule has 1 fully saturated rings. The number of aromatic nitrogens is 2. The second-order valence-electron chi connectivity index (χ2n) is 4.90. The number of hydrogen-bond donors (Lipinski definition) is 2. The second kappa shape index (κ2) is 5.97. The number of nitrogens with one attached hydrogen (secondary N) is 1. The number of piperazine rings is 1. The first-order chi connectivity index (χ1) is 10.3. The van der Waals surface area contributed by atoms with Crippen LogP contribution >= 0.6 is 0 Å². The molecule has 1 aromatic carbocycles. The number of nitrogen functional groups attached to an aromatic ring is 1. The van der Waals surface area contributed by atoms with E-state index in [0.29, 0.717) is 0 Å². The van der Waals surface area contributed by atoms with E-state index < -0.39 is 0 Å². The molecule has 110 valence electrons. The van der Waals surface area contributed by atoms with Crippen molar-refractivity contribution in [1.82, 2.24) is 15.3 Å². The third-order valence-corrected chi connectivity index (χ3v) is 3.61. The number of nitrogens with two attached hydrogens (primary N) is 1. The smallest absolute Gasteiger partial charge is 0.220 e. The molecule has 0 bridgehead atoms. The number of rotatable bonds is 3. The van der Waals surface area contributed by atoms with Crippen molar-refractivity contribution in [2.45, 2.75) is 0 Å². The lowest BCUT2D eigenvalue weighted by Gasteiger charge is -2.30. The molecule has 3 N–H and O–H groups in total. The van der Waals surface area contributed by atoms with Crippen LogP contribution in [0, 0.1) is 0 Å². The van der Waals surface area contributed by atoms with E-state index in [2.05, 4.69) is 20.2 Å². The second-order valence-corrected chi connectivity index (χ2v) is 4.90. The first-order valence-corrected chi connectivity index (χ1v) is 7.01. The number of anilines is 2. The van der Waals surface area contributed by atoms with Crippen molar-refractivity contribution in [3.05, 3.63) is 30.5 Å². The highest BCUT2D eigenvalue weighted by Gasteiger charge is 2.19. The van der Waals surface area contributed by atoms with Gasteiger partial charge < -0.3 is 20.7 Å². The Labute approximate surface area is 124 Å². The van der Waals surface area contributed by atoms with Crippen molar-refractivity contribution in [3.63, 3.8) is 0 Å². The van der Waals surface area contributed by atoms with Gasteiger partial charge in [-0.2, -0.15) is 0 Å². The van der Waals surface area contributed by atoms with Crippen molar-refractivity contribution in [1.29, 1.82) is 0 Å². The van der Waals surface area contributed by atoms with Gasteiger partial charge in [-0.05, 0) is 12.1 Å². The Kier molecular flexibility index (Phi) is 3.87. The van der Waals surface area contributed by atoms with Gasteiger partial charge in [0.05, 0.1) is 19.0 Å². The Morgan fingerprint density at radius 2 is 2.00 bits per heavy atom. The van der Waals surface area contributed by atoms with Gasteiger partial charge in [-0.1, -0.05) is 12.1 Å². The van der Waals surface area contributed by atoms with Gasteiger partial charge in [-0.25, -0.2) is 9.97 Å². The van der Waals surface area contributed by atoms with Crippen LogP contribution in [-0.2, 0) is 0 Å². The molecule has 2 heterocycles. The maximum Gasteiger partial charge on any atom is 0.220 e. The van der Waals surface area contributed by atoms with E-state index in [1.54, 1.807) is 13.3 Å². The summed E-state index contributed by atoms with van der Waals surface area (Å²) in [5, 5.41) is 3.35. The lowest BCUT2D eigenvalue weighted by molar-refractivity contribution is 0.416. The molecular weight excluding hydrogens is 266 g/mol. The van der Waals surface area contributed by atoms with Gasteiger partial charge in [0.2, 0.25) is 5.95 Å². The summed E-state index contributed by atoms with van der Waals surface area (Å²) in [5.74, 6) is 1.06. The zero-order chi connectivity index (χ0) is 14.7. The third kappa shape index (κ3) is 2.75. The highest BCUT2D eigenvalue weighted by Crippen LogP contribution is 2.35. The molecule has 2 aromatic rings. The highest BCUT2D eigenvalue weighted by molar-refractivity contribution is 5.79. The standard InChI is InChI=1S/C15H19N5O/c1-21-13-5-3-2-4-11(13)14-12(10-18-15(16)19-14)20-8-6-17-7-9-20/h2-5,10,17H,6-9H2,1H3,(H2,16,18,19). The van der Waals surface area contributed by atoms with Crippen LogP contribution in [0.2, 0.25) is 0 Å². The summed E-state index contributed by atoms with van der Waals surface area (Å²) >= 11 is 0. The maximum atomic E-state index is 5.79. The van der Waals surface area contributed by atoms with Gasteiger partial charge in [0.25, 0.3) is 0 Å². The summed E-state index contributed by atoms with van der Waals surface area (Å²) in [6.07, 6.45) is 1.80. The van der Waals surface area contributed by atoms with Crippen molar-refractivity contribution in [2.75, 3.05) is 43.9 Å². The van der Waals surface area contributed by atoms with Crippen molar-refractivity contribution >= 4 is 11.6 Å². The Morgan fingerprint density at radius 3 is 2.76 bits per heavy atom. The normalized spacial score (nSPS) is 15.0. The lowest BCUT2D eigenvalue weighted by Crippen LogP contribution is -2.43. The fourth-order valence-electron chi connectivity index (χ4n) is 2.56. The summed E-state index contributed by atoms with van der Waals surface area (Å²) in [4.78, 5) is 10.9. The number of hydrogen-bond acceptors (Lipinski definition) is 6. The number of para-hydroxylation sites is 1. The van der Waals surface area contributed by atoms with Gasteiger partial charge in [-0.15, -0.1) is 0 Å². The molecule has 0 amide bonds. The molecule has 1 aliphatic heterocycles. The van der Waals surface area contributed by atoms with Crippen LogP contribution in [0.4, 0.5) is 11.6 Å². The van der Waals surface area contributed by atoms with E-state index in [9.17, 15) is 0 Å². The molecule has 0 spiro atoms. The van der Waals surface area contributed by atoms with Crippen LogP contribution in [0.25, 0.3) is 11.3 Å². The van der Waals surface area contributed by atoms with E-state index >= 15 is 0 Å². The van der Waals surface area contributed by atoms with Gasteiger partial charge in [0.1, 0.15) is 11.4 Å². The highest BCUT2D eigenvalue weighted by atomic mass is 16.5. The van der Waals surface area contributed by atoms with Crippen LogP contribution in [0.3, 0.4) is 0 Å². The summed E-state index contributed by atoms with van der Waals surface area (Å²) in [7, 11) is 1.66. The molecule has 6 nitrogen and oxygen atoms in total. The molecular formula is C15H19N5O. The SMILES string of the molecule is COc1ccccc1-c1nc(N)ncc1N1CCNCC1. The van der Waals surface area contributed by atoms with Gasteiger partial charge in [0.15, 0.2) is 0 Å². The van der Waals surface area contributed by atoms with E-state index in [1.165, 1.54) is 0 Å². The Balaban J connectivity index is 2.09. The van der Waals surface area contributed by atoms with Crippen LogP contribution < -0.4 is 20.7 Å². The van der Waals surface area contributed by atoms with E-state index in [1.807, 2.05) is 24.3 Å². The van der Waals surface area contributed by atoms with Crippen molar-refractivity contribution in [3.8, 4) is 17.0 Å². The average molecular weight is 285 g/mol. The molecule has 0 saturated carbocycles. The minimum atomic E-state index is 0.273. The number of ether oxygens (including phenoxy) is 1. The van der Waals surface area contributed by atoms with Gasteiger partial charge in [0, 0.05) is 31.7 Å². The molecule has 1 saturated heterocycles. The van der Waals surface area contributed by atoms with Gasteiger partial charge >= 0.3 is 0 Å². The van der Waals surface area contributed by atoms with Crippen molar-refractivity contribution < 1.29 is 4.74 Å². The Morgan fingerprint density at radius 1 is 1.24 bits per heavy atom. The monoisotopic (exact) mass is 285 g/mol. The van der Waals surface area contributed by atoms with Crippen LogP contribution in [0.5, 0.6) is 5.75 Å². The number of methoxy groups -OCH3 is 1. The number of nitrogens with zero attached hydrogens (tertiary/aromatic N) is 3. The zero-order valence-electron chi connectivity index (χ0n) is 12.0. The summed E-state index contributed by atoms with van der Waals surface area (Å²) in [6, 6.07) is 7.83. The molecule has 6 heteroatoms. The topological polar surface area (TPSA) is 76.3 Å². The molecule has 0 radical (unpaired) electrons. The Bertz CT molecular complexity index is 625. The predicted molar refractivity (Wildman–Crippen MR) is 83.5 cm³/mol. The minimum Gasteiger partial charge on any atom is -0.496 e. The molecule has 3 rings (SSSR count). The fraction of sp³-hybridized carbons (Fsp3) is 0.333. The predicted octanol–water partition coefficient (Wildman–Crippen LogP) is 1.14. The van der Waals surface area contributed by atoms with Gasteiger partial charge in [-0.3, -0.25) is 0 Å².